The second-order valence-electron chi connectivity index (χ2n) is 7.89. The molecule has 32 heavy (non-hydrogen) atoms. The van der Waals surface area contributed by atoms with Crippen LogP contribution >= 0.6 is 0 Å². The number of hydrogen-bond donors (Lipinski definition) is 4. The minimum Gasteiger partial charge on any atom is -0.469 e. The number of rotatable bonds is 7. The topological polar surface area (TPSA) is 175 Å². The van der Waals surface area contributed by atoms with E-state index in [1.54, 1.807) is 33.8 Å². The molecule has 1 atom stereocenters. The minimum absolute atomic E-state index is 0.0228. The van der Waals surface area contributed by atoms with E-state index in [4.69, 9.17) is 14.9 Å². The number of anilines is 2. The van der Waals surface area contributed by atoms with Crippen molar-refractivity contribution in [3.05, 3.63) is 28.1 Å². The van der Waals surface area contributed by atoms with Crippen molar-refractivity contribution in [1.82, 2.24) is 10.3 Å². The fourth-order valence-corrected chi connectivity index (χ4v) is 2.80. The van der Waals surface area contributed by atoms with Gasteiger partial charge < -0.3 is 30.3 Å². The highest BCUT2D eigenvalue weighted by molar-refractivity contribution is 5.93. The Kier molecular flexibility index (Phi) is 7.63. The molecule has 174 valence electrons. The molecular weight excluding hydrogens is 422 g/mol. The molecule has 0 radical (unpaired) electrons. The molecule has 1 aromatic carbocycles. The van der Waals surface area contributed by atoms with Crippen LogP contribution in [0.1, 0.15) is 39.2 Å². The highest BCUT2D eigenvalue weighted by Gasteiger charge is 2.20. The molecule has 1 aromatic heterocycles. The van der Waals surface area contributed by atoms with E-state index < -0.39 is 35.5 Å². The van der Waals surface area contributed by atoms with Gasteiger partial charge in [0.25, 0.3) is 6.01 Å². The fraction of sp³-hybridized carbons (Fsp3) is 0.450. The van der Waals surface area contributed by atoms with E-state index in [2.05, 4.69) is 25.7 Å². The number of fused-ring (bicyclic) bond motifs is 1. The van der Waals surface area contributed by atoms with E-state index in [0.29, 0.717) is 16.8 Å². The van der Waals surface area contributed by atoms with Gasteiger partial charge in [-0.3, -0.25) is 10.1 Å². The molecule has 0 saturated carbocycles. The first kappa shape index (κ1) is 24.4. The number of amides is 3. The molecule has 1 heterocycles. The largest absolute Gasteiger partial charge is 0.469 e. The SMILES string of the molecule is COC(=O)CCC(NC(N)=O)Nc1nc2ccc(NC(=O)OC(C)(C)C)c(C)c2c(=O)o1. The molecule has 12 heteroatoms. The number of urea groups is 1. The number of carbonyl (C=O) groups excluding carboxylic acids is 3. The lowest BCUT2D eigenvalue weighted by atomic mass is 10.1. The summed E-state index contributed by atoms with van der Waals surface area (Å²) >= 11 is 0. The first-order valence-corrected chi connectivity index (χ1v) is 9.73. The van der Waals surface area contributed by atoms with Crippen LogP contribution in [0.4, 0.5) is 21.3 Å². The van der Waals surface area contributed by atoms with Crippen LogP contribution in [0, 0.1) is 6.92 Å². The molecule has 0 fully saturated rings. The van der Waals surface area contributed by atoms with Crippen LogP contribution in [0.2, 0.25) is 0 Å². The number of nitrogens with zero attached hydrogens (tertiary/aromatic N) is 1. The van der Waals surface area contributed by atoms with Crippen LogP contribution in [-0.4, -0.2) is 42.0 Å². The van der Waals surface area contributed by atoms with E-state index >= 15 is 0 Å². The third kappa shape index (κ3) is 6.86. The van der Waals surface area contributed by atoms with Gasteiger partial charge in [0.2, 0.25) is 0 Å². The molecule has 0 aliphatic carbocycles. The Balaban J connectivity index is 2.29. The molecule has 0 aliphatic rings. The molecule has 0 bridgehead atoms. The second kappa shape index (κ2) is 9.98. The summed E-state index contributed by atoms with van der Waals surface area (Å²) in [5, 5.41) is 7.88. The Morgan fingerprint density at radius 1 is 1.25 bits per heavy atom. The Hall–Kier alpha value is -3.83. The highest BCUT2D eigenvalue weighted by atomic mass is 16.6. The van der Waals surface area contributed by atoms with Gasteiger partial charge in [-0.2, -0.15) is 4.98 Å². The van der Waals surface area contributed by atoms with Gasteiger partial charge in [-0.15, -0.1) is 0 Å². The van der Waals surface area contributed by atoms with E-state index in [1.807, 2.05) is 0 Å². The smallest absolute Gasteiger partial charge is 0.412 e. The van der Waals surface area contributed by atoms with E-state index in [9.17, 15) is 19.2 Å². The number of ether oxygens (including phenoxy) is 2. The predicted molar refractivity (Wildman–Crippen MR) is 116 cm³/mol. The standard InChI is InChI=1S/C20H27N5O7/c1-10-11(23-19(29)32-20(2,3)4)6-7-12-15(10)16(27)31-18(22-12)25-13(24-17(21)28)8-9-14(26)30-5/h6-7,13H,8-9H2,1-5H3,(H,22,25)(H,23,29)(H3,21,24,28). The third-order valence-corrected chi connectivity index (χ3v) is 4.17. The van der Waals surface area contributed by atoms with Crippen LogP contribution in [0.15, 0.2) is 21.3 Å². The van der Waals surface area contributed by atoms with Gasteiger partial charge in [0.15, 0.2) is 0 Å². The van der Waals surface area contributed by atoms with Crippen molar-refractivity contribution in [3.63, 3.8) is 0 Å². The average Bonchev–Trinajstić information content (AvgIpc) is 2.65. The van der Waals surface area contributed by atoms with Crippen molar-refractivity contribution >= 4 is 40.7 Å². The zero-order valence-electron chi connectivity index (χ0n) is 18.5. The number of nitrogens with two attached hydrogens (primary N) is 1. The number of carbonyl (C=O) groups is 3. The summed E-state index contributed by atoms with van der Waals surface area (Å²) in [4.78, 5) is 51.6. The van der Waals surface area contributed by atoms with Crippen LogP contribution in [-0.2, 0) is 14.3 Å². The number of aryl methyl sites for hydroxylation is 1. The number of primary amides is 1. The van der Waals surface area contributed by atoms with Crippen LogP contribution in [0.25, 0.3) is 10.9 Å². The molecule has 0 aliphatic heterocycles. The second-order valence-corrected chi connectivity index (χ2v) is 7.89. The average molecular weight is 449 g/mol. The van der Waals surface area contributed by atoms with Crippen LogP contribution in [0.5, 0.6) is 0 Å². The minimum atomic E-state index is -0.843. The van der Waals surface area contributed by atoms with Crippen molar-refractivity contribution < 1.29 is 28.3 Å². The quantitative estimate of drug-likeness (QED) is 0.365. The number of esters is 1. The lowest BCUT2D eigenvalue weighted by molar-refractivity contribution is -0.140. The summed E-state index contributed by atoms with van der Waals surface area (Å²) in [6.07, 6.45) is -1.42. The van der Waals surface area contributed by atoms with Crippen molar-refractivity contribution in [1.29, 1.82) is 0 Å². The third-order valence-electron chi connectivity index (χ3n) is 4.17. The molecule has 1 unspecified atom stereocenters. The van der Waals surface area contributed by atoms with Gasteiger partial charge >= 0.3 is 23.7 Å². The van der Waals surface area contributed by atoms with Crippen LogP contribution in [0.3, 0.4) is 0 Å². The van der Waals surface area contributed by atoms with E-state index in [1.165, 1.54) is 13.2 Å². The summed E-state index contributed by atoms with van der Waals surface area (Å²) in [6.45, 7) is 6.84. The summed E-state index contributed by atoms with van der Waals surface area (Å²) in [6, 6.07) is 2.08. The Bertz CT molecular complexity index is 1070. The first-order chi connectivity index (χ1) is 14.9. The molecule has 2 rings (SSSR count). The molecule has 2 aromatic rings. The summed E-state index contributed by atoms with van der Waals surface area (Å²) in [5.74, 6) is -0.489. The Morgan fingerprint density at radius 3 is 2.53 bits per heavy atom. The highest BCUT2D eigenvalue weighted by Crippen LogP contribution is 2.24. The monoisotopic (exact) mass is 449 g/mol. The van der Waals surface area contributed by atoms with Crippen molar-refractivity contribution in [3.8, 4) is 0 Å². The van der Waals surface area contributed by atoms with Gasteiger partial charge in [0.05, 0.1) is 18.0 Å². The zero-order chi connectivity index (χ0) is 24.1. The summed E-state index contributed by atoms with van der Waals surface area (Å²) < 4.78 is 15.0. The van der Waals surface area contributed by atoms with Gasteiger partial charge in [-0.25, -0.2) is 14.4 Å². The van der Waals surface area contributed by atoms with E-state index in [-0.39, 0.29) is 24.2 Å². The summed E-state index contributed by atoms with van der Waals surface area (Å²) in [7, 11) is 1.24. The van der Waals surface area contributed by atoms with Gasteiger partial charge in [0, 0.05) is 12.1 Å². The van der Waals surface area contributed by atoms with Crippen molar-refractivity contribution in [2.75, 3.05) is 17.7 Å². The maximum Gasteiger partial charge on any atom is 0.412 e. The zero-order valence-corrected chi connectivity index (χ0v) is 18.5. The lowest BCUT2D eigenvalue weighted by Gasteiger charge is -2.20. The van der Waals surface area contributed by atoms with Crippen LogP contribution < -0.4 is 27.3 Å². The number of benzene rings is 1. The van der Waals surface area contributed by atoms with E-state index in [0.717, 1.165) is 0 Å². The predicted octanol–water partition coefficient (Wildman–Crippen LogP) is 2.20. The summed E-state index contributed by atoms with van der Waals surface area (Å²) in [5.41, 5.74) is 4.87. The molecule has 0 saturated heterocycles. The Morgan fingerprint density at radius 2 is 1.94 bits per heavy atom. The normalized spacial score (nSPS) is 12.0. The maximum absolute atomic E-state index is 12.6. The van der Waals surface area contributed by atoms with Crippen molar-refractivity contribution in [2.24, 2.45) is 5.73 Å². The maximum atomic E-state index is 12.6. The molecule has 12 nitrogen and oxygen atoms in total. The molecule has 3 amide bonds. The number of methoxy groups -OCH3 is 1. The number of hydrogen-bond acceptors (Lipinski definition) is 9. The van der Waals surface area contributed by atoms with Gasteiger partial charge in [-0.05, 0) is 51.8 Å². The molecule has 0 spiro atoms. The molecular formula is C20H27N5O7. The molecule has 5 N–H and O–H groups in total. The lowest BCUT2D eigenvalue weighted by Crippen LogP contribution is -2.44. The number of nitrogens with one attached hydrogen (secondary N) is 3. The number of aromatic nitrogens is 1. The fourth-order valence-electron chi connectivity index (χ4n) is 2.80. The van der Waals surface area contributed by atoms with Gasteiger partial charge in [-0.1, -0.05) is 0 Å². The van der Waals surface area contributed by atoms with Gasteiger partial charge in [0.1, 0.15) is 11.8 Å². The first-order valence-electron chi connectivity index (χ1n) is 9.73. The van der Waals surface area contributed by atoms with Crippen molar-refractivity contribution in [2.45, 2.75) is 52.3 Å². The Labute approximate surface area is 183 Å².